The minimum Gasteiger partial charge on any atom is -0.370 e. The molecule has 3 aromatic rings. The van der Waals surface area contributed by atoms with Gasteiger partial charge in [0.05, 0.1) is 5.69 Å². The van der Waals surface area contributed by atoms with Gasteiger partial charge in [-0.1, -0.05) is 18.2 Å². The van der Waals surface area contributed by atoms with E-state index in [9.17, 15) is 17.6 Å². The summed E-state index contributed by atoms with van der Waals surface area (Å²) in [5, 5.41) is 5.56. The highest BCUT2D eigenvalue weighted by atomic mass is 19.2. The minimum absolute atomic E-state index is 0.193. The van der Waals surface area contributed by atoms with Crippen molar-refractivity contribution in [1.29, 1.82) is 0 Å². The molecule has 2 N–H and O–H groups in total. The fraction of sp³-hybridized carbons (Fsp3) is 0.111. The summed E-state index contributed by atoms with van der Waals surface area (Å²) >= 11 is 0. The predicted molar refractivity (Wildman–Crippen MR) is 90.2 cm³/mol. The van der Waals surface area contributed by atoms with E-state index in [4.69, 9.17) is 0 Å². The number of aromatic nitrogens is 2. The molecule has 0 atom stereocenters. The summed E-state index contributed by atoms with van der Waals surface area (Å²) in [5.41, 5.74) is 0.316. The van der Waals surface area contributed by atoms with Gasteiger partial charge in [0.1, 0.15) is 23.8 Å². The highest BCUT2D eigenvalue weighted by Gasteiger charge is 2.14. The number of nitrogens with zero attached hydrogens (tertiary/aromatic N) is 2. The Bertz CT molecular complexity index is 917. The number of halogens is 4. The first-order chi connectivity index (χ1) is 12.5. The summed E-state index contributed by atoms with van der Waals surface area (Å²) < 4.78 is 53.5. The van der Waals surface area contributed by atoms with Crippen LogP contribution in [-0.4, -0.2) is 16.5 Å². The van der Waals surface area contributed by atoms with Crippen molar-refractivity contribution in [3.05, 3.63) is 77.6 Å². The first-order valence-electron chi connectivity index (χ1n) is 7.74. The van der Waals surface area contributed by atoms with Crippen LogP contribution in [0.4, 0.5) is 34.9 Å². The normalized spacial score (nSPS) is 10.6. The molecule has 0 saturated heterocycles. The van der Waals surface area contributed by atoms with E-state index in [0.29, 0.717) is 24.3 Å². The van der Waals surface area contributed by atoms with E-state index in [-0.39, 0.29) is 17.3 Å². The highest BCUT2D eigenvalue weighted by molar-refractivity contribution is 5.59. The zero-order valence-corrected chi connectivity index (χ0v) is 13.4. The first-order valence-corrected chi connectivity index (χ1v) is 7.74. The second-order valence-electron chi connectivity index (χ2n) is 5.40. The van der Waals surface area contributed by atoms with Gasteiger partial charge in [-0.15, -0.1) is 0 Å². The number of benzene rings is 2. The van der Waals surface area contributed by atoms with Crippen molar-refractivity contribution in [3.63, 3.8) is 0 Å². The van der Waals surface area contributed by atoms with Crippen molar-refractivity contribution in [3.8, 4) is 0 Å². The third-order valence-electron chi connectivity index (χ3n) is 3.62. The third-order valence-corrected chi connectivity index (χ3v) is 3.62. The molecule has 0 fully saturated rings. The van der Waals surface area contributed by atoms with E-state index in [1.807, 2.05) is 0 Å². The van der Waals surface area contributed by atoms with Crippen LogP contribution in [0.25, 0.3) is 0 Å². The molecule has 4 nitrogen and oxygen atoms in total. The molecule has 8 heteroatoms. The maximum atomic E-state index is 13.7. The molecule has 3 rings (SSSR count). The van der Waals surface area contributed by atoms with E-state index in [2.05, 4.69) is 20.6 Å². The Morgan fingerprint density at radius 1 is 0.808 bits per heavy atom. The van der Waals surface area contributed by atoms with Crippen molar-refractivity contribution in [2.24, 2.45) is 0 Å². The number of nitrogens with one attached hydrogen (secondary N) is 2. The van der Waals surface area contributed by atoms with Gasteiger partial charge in [0.2, 0.25) is 0 Å². The SMILES string of the molecule is Fc1ccccc1CCNc1cc(Nc2ccc(F)c(F)c2F)ncn1. The molecular formula is C18H14F4N4. The Morgan fingerprint density at radius 3 is 2.38 bits per heavy atom. The Kier molecular flexibility index (Phi) is 5.31. The van der Waals surface area contributed by atoms with Gasteiger partial charge in [-0.2, -0.15) is 0 Å². The van der Waals surface area contributed by atoms with E-state index in [0.717, 1.165) is 12.1 Å². The molecule has 0 amide bonds. The quantitative estimate of drug-likeness (QED) is 0.503. The second-order valence-corrected chi connectivity index (χ2v) is 5.40. The topological polar surface area (TPSA) is 49.8 Å². The number of anilines is 3. The van der Waals surface area contributed by atoms with Gasteiger partial charge in [0, 0.05) is 12.6 Å². The second kappa shape index (κ2) is 7.81. The van der Waals surface area contributed by atoms with Crippen molar-refractivity contribution >= 4 is 17.3 Å². The molecule has 0 aliphatic carbocycles. The molecule has 0 bridgehead atoms. The Balaban J connectivity index is 1.65. The smallest absolute Gasteiger partial charge is 0.196 e. The van der Waals surface area contributed by atoms with Crippen LogP contribution < -0.4 is 10.6 Å². The van der Waals surface area contributed by atoms with Gasteiger partial charge in [-0.3, -0.25) is 0 Å². The third kappa shape index (κ3) is 4.08. The lowest BCUT2D eigenvalue weighted by atomic mass is 10.1. The average Bonchev–Trinajstić information content (AvgIpc) is 2.64. The van der Waals surface area contributed by atoms with Crippen molar-refractivity contribution < 1.29 is 17.6 Å². The summed E-state index contributed by atoms with van der Waals surface area (Å²) in [6.07, 6.45) is 1.67. The Hall–Kier alpha value is -3.16. The zero-order valence-electron chi connectivity index (χ0n) is 13.4. The van der Waals surface area contributed by atoms with Crippen LogP contribution in [0.15, 0.2) is 48.8 Å². The van der Waals surface area contributed by atoms with Crippen molar-refractivity contribution in [1.82, 2.24) is 9.97 Å². The van der Waals surface area contributed by atoms with Crippen LogP contribution in [-0.2, 0) is 6.42 Å². The summed E-state index contributed by atoms with van der Waals surface area (Å²) in [6, 6.07) is 9.81. The molecule has 0 unspecified atom stereocenters. The Morgan fingerprint density at radius 2 is 1.58 bits per heavy atom. The molecular weight excluding hydrogens is 348 g/mol. The molecule has 0 saturated carbocycles. The summed E-state index contributed by atoms with van der Waals surface area (Å²) in [5.74, 6) is -3.84. The summed E-state index contributed by atoms with van der Waals surface area (Å²) in [4.78, 5) is 7.91. The lowest BCUT2D eigenvalue weighted by Crippen LogP contribution is -2.08. The van der Waals surface area contributed by atoms with Crippen LogP contribution in [0.5, 0.6) is 0 Å². The van der Waals surface area contributed by atoms with Gasteiger partial charge in [-0.05, 0) is 30.2 Å². The first kappa shape index (κ1) is 17.7. The standard InChI is InChI=1S/C18H14F4N4/c19-12-4-2-1-3-11(12)7-8-23-15-9-16(25-10-24-15)26-14-6-5-13(20)17(21)18(14)22/h1-6,9-10H,7-8H2,(H2,23,24,25,26). The highest BCUT2D eigenvalue weighted by Crippen LogP contribution is 2.23. The maximum Gasteiger partial charge on any atom is 0.196 e. The van der Waals surface area contributed by atoms with Gasteiger partial charge in [0.15, 0.2) is 17.5 Å². The average molecular weight is 362 g/mol. The van der Waals surface area contributed by atoms with E-state index in [1.54, 1.807) is 18.2 Å². The molecule has 0 aliphatic heterocycles. The molecule has 134 valence electrons. The summed E-state index contributed by atoms with van der Waals surface area (Å²) in [7, 11) is 0. The van der Waals surface area contributed by atoms with Crippen LogP contribution in [0.3, 0.4) is 0 Å². The Labute approximate surface area is 146 Å². The lowest BCUT2D eigenvalue weighted by molar-refractivity contribution is 0.449. The van der Waals surface area contributed by atoms with E-state index in [1.165, 1.54) is 18.5 Å². The van der Waals surface area contributed by atoms with E-state index < -0.39 is 17.5 Å². The number of hydrogen-bond donors (Lipinski definition) is 2. The number of hydrogen-bond acceptors (Lipinski definition) is 4. The zero-order chi connectivity index (χ0) is 18.5. The lowest BCUT2D eigenvalue weighted by Gasteiger charge is -2.10. The van der Waals surface area contributed by atoms with Crippen LogP contribution in [0.1, 0.15) is 5.56 Å². The molecule has 0 spiro atoms. The van der Waals surface area contributed by atoms with Crippen LogP contribution >= 0.6 is 0 Å². The molecule has 2 aromatic carbocycles. The number of rotatable bonds is 6. The predicted octanol–water partition coefficient (Wildman–Crippen LogP) is 4.43. The van der Waals surface area contributed by atoms with Gasteiger partial charge < -0.3 is 10.6 Å². The van der Waals surface area contributed by atoms with Gasteiger partial charge in [0.25, 0.3) is 0 Å². The van der Waals surface area contributed by atoms with Crippen molar-refractivity contribution in [2.75, 3.05) is 17.2 Å². The molecule has 0 aliphatic rings. The minimum atomic E-state index is -1.56. The van der Waals surface area contributed by atoms with Crippen LogP contribution in [0.2, 0.25) is 0 Å². The van der Waals surface area contributed by atoms with Gasteiger partial charge >= 0.3 is 0 Å². The van der Waals surface area contributed by atoms with E-state index >= 15 is 0 Å². The molecule has 26 heavy (non-hydrogen) atoms. The summed E-state index contributed by atoms with van der Waals surface area (Å²) in [6.45, 7) is 0.414. The fourth-order valence-electron chi connectivity index (χ4n) is 2.31. The largest absolute Gasteiger partial charge is 0.370 e. The monoisotopic (exact) mass is 362 g/mol. The molecule has 1 aromatic heterocycles. The molecule has 0 radical (unpaired) electrons. The molecule has 1 heterocycles. The maximum absolute atomic E-state index is 13.7. The van der Waals surface area contributed by atoms with Crippen molar-refractivity contribution in [2.45, 2.75) is 6.42 Å². The van der Waals surface area contributed by atoms with Gasteiger partial charge in [-0.25, -0.2) is 27.5 Å². The van der Waals surface area contributed by atoms with Crippen LogP contribution in [0, 0.1) is 23.3 Å². The fourth-order valence-corrected chi connectivity index (χ4v) is 2.31.